The standard InChI is InChI=1S/C11H21N3OS/c1-9-10(5-6-12)11(14(2)13-9)16-8-4-7-15-3/h4-8,12H2,1-3H3. The Kier molecular flexibility index (Phi) is 5.87. The van der Waals surface area contributed by atoms with Crippen molar-refractivity contribution in [1.82, 2.24) is 9.78 Å². The third kappa shape index (κ3) is 3.50. The molecular formula is C11H21N3OS. The van der Waals surface area contributed by atoms with Gasteiger partial charge in [0, 0.05) is 32.1 Å². The zero-order valence-electron chi connectivity index (χ0n) is 10.3. The second-order valence-corrected chi connectivity index (χ2v) is 4.81. The van der Waals surface area contributed by atoms with Crippen molar-refractivity contribution in [3.05, 3.63) is 11.3 Å². The zero-order chi connectivity index (χ0) is 12.0. The van der Waals surface area contributed by atoms with E-state index in [0.717, 1.165) is 30.9 Å². The summed E-state index contributed by atoms with van der Waals surface area (Å²) >= 11 is 1.84. The molecule has 1 aromatic heterocycles. The number of hydrogen-bond donors (Lipinski definition) is 1. The number of methoxy groups -OCH3 is 1. The van der Waals surface area contributed by atoms with Crippen molar-refractivity contribution in [1.29, 1.82) is 0 Å². The van der Waals surface area contributed by atoms with E-state index in [-0.39, 0.29) is 0 Å². The molecular weight excluding hydrogens is 222 g/mol. The Labute approximate surface area is 102 Å². The predicted octanol–water partition coefficient (Wildman–Crippen LogP) is 1.36. The van der Waals surface area contributed by atoms with Gasteiger partial charge in [0.2, 0.25) is 0 Å². The average molecular weight is 243 g/mol. The highest BCUT2D eigenvalue weighted by Gasteiger charge is 2.12. The maximum Gasteiger partial charge on any atom is 0.0971 e. The Morgan fingerprint density at radius 3 is 2.88 bits per heavy atom. The maximum absolute atomic E-state index is 5.62. The Morgan fingerprint density at radius 2 is 2.25 bits per heavy atom. The minimum Gasteiger partial charge on any atom is -0.385 e. The van der Waals surface area contributed by atoms with Crippen LogP contribution in [0.15, 0.2) is 5.03 Å². The smallest absolute Gasteiger partial charge is 0.0971 e. The molecule has 0 spiro atoms. The zero-order valence-corrected chi connectivity index (χ0v) is 11.1. The van der Waals surface area contributed by atoms with Crippen LogP contribution < -0.4 is 5.73 Å². The number of aromatic nitrogens is 2. The molecule has 0 unspecified atom stereocenters. The first-order valence-corrected chi connectivity index (χ1v) is 6.53. The molecule has 0 amide bonds. The maximum atomic E-state index is 5.62. The molecule has 1 aromatic rings. The lowest BCUT2D eigenvalue weighted by Gasteiger charge is -2.05. The molecule has 0 aliphatic heterocycles. The van der Waals surface area contributed by atoms with Gasteiger partial charge in [0.25, 0.3) is 0 Å². The van der Waals surface area contributed by atoms with Gasteiger partial charge in [-0.1, -0.05) is 0 Å². The van der Waals surface area contributed by atoms with Crippen molar-refractivity contribution in [3.8, 4) is 0 Å². The molecule has 92 valence electrons. The largest absolute Gasteiger partial charge is 0.385 e. The summed E-state index contributed by atoms with van der Waals surface area (Å²) in [5, 5.41) is 5.69. The van der Waals surface area contributed by atoms with Crippen LogP contribution in [0.4, 0.5) is 0 Å². The van der Waals surface area contributed by atoms with E-state index in [1.165, 1.54) is 10.6 Å². The minimum atomic E-state index is 0.679. The van der Waals surface area contributed by atoms with Crippen molar-refractivity contribution in [2.75, 3.05) is 26.0 Å². The first-order chi connectivity index (χ1) is 7.70. The topological polar surface area (TPSA) is 53.1 Å². The van der Waals surface area contributed by atoms with Gasteiger partial charge in [-0.2, -0.15) is 5.10 Å². The summed E-state index contributed by atoms with van der Waals surface area (Å²) in [6.07, 6.45) is 1.97. The molecule has 0 saturated carbocycles. The first kappa shape index (κ1) is 13.5. The Balaban J connectivity index is 2.62. The van der Waals surface area contributed by atoms with Crippen LogP contribution in [0, 0.1) is 6.92 Å². The SMILES string of the molecule is COCCCSc1c(CCN)c(C)nn1C. The molecule has 4 nitrogen and oxygen atoms in total. The number of ether oxygens (including phenoxy) is 1. The van der Waals surface area contributed by atoms with Crippen LogP contribution in [-0.2, 0) is 18.2 Å². The van der Waals surface area contributed by atoms with E-state index >= 15 is 0 Å². The van der Waals surface area contributed by atoms with Gasteiger partial charge in [0.05, 0.1) is 10.7 Å². The van der Waals surface area contributed by atoms with Crippen LogP contribution in [0.5, 0.6) is 0 Å². The Morgan fingerprint density at radius 1 is 1.50 bits per heavy atom. The Bertz CT molecular complexity index is 325. The van der Waals surface area contributed by atoms with Crippen molar-refractivity contribution < 1.29 is 4.74 Å². The van der Waals surface area contributed by atoms with E-state index in [1.807, 2.05) is 30.4 Å². The lowest BCUT2D eigenvalue weighted by Crippen LogP contribution is -2.04. The van der Waals surface area contributed by atoms with Crippen molar-refractivity contribution in [2.45, 2.75) is 24.8 Å². The number of thioether (sulfide) groups is 1. The highest BCUT2D eigenvalue weighted by molar-refractivity contribution is 7.99. The fourth-order valence-electron chi connectivity index (χ4n) is 1.67. The summed E-state index contributed by atoms with van der Waals surface area (Å²) in [5.74, 6) is 1.06. The lowest BCUT2D eigenvalue weighted by atomic mass is 10.2. The first-order valence-electron chi connectivity index (χ1n) is 5.55. The van der Waals surface area contributed by atoms with E-state index in [4.69, 9.17) is 10.5 Å². The Hall–Kier alpha value is -0.520. The molecule has 1 heterocycles. The molecule has 0 aliphatic carbocycles. The third-order valence-corrected chi connectivity index (χ3v) is 3.69. The summed E-state index contributed by atoms with van der Waals surface area (Å²) in [7, 11) is 3.73. The summed E-state index contributed by atoms with van der Waals surface area (Å²) in [6.45, 7) is 3.54. The van der Waals surface area contributed by atoms with E-state index in [2.05, 4.69) is 5.10 Å². The van der Waals surface area contributed by atoms with E-state index in [1.54, 1.807) is 7.11 Å². The van der Waals surface area contributed by atoms with Gasteiger partial charge in [-0.05, 0) is 26.3 Å². The molecule has 2 N–H and O–H groups in total. The predicted molar refractivity (Wildman–Crippen MR) is 67.9 cm³/mol. The normalized spacial score (nSPS) is 11.0. The van der Waals surface area contributed by atoms with Gasteiger partial charge in [0.15, 0.2) is 0 Å². The van der Waals surface area contributed by atoms with E-state index in [0.29, 0.717) is 6.54 Å². The summed E-state index contributed by atoms with van der Waals surface area (Å²) in [4.78, 5) is 0. The van der Waals surface area contributed by atoms with Gasteiger partial charge in [0.1, 0.15) is 0 Å². The van der Waals surface area contributed by atoms with Gasteiger partial charge in [-0.25, -0.2) is 0 Å². The second-order valence-electron chi connectivity index (χ2n) is 3.73. The summed E-state index contributed by atoms with van der Waals surface area (Å²) in [6, 6.07) is 0. The molecule has 0 aromatic carbocycles. The fourth-order valence-corrected chi connectivity index (χ4v) is 2.77. The van der Waals surface area contributed by atoms with E-state index < -0.39 is 0 Å². The molecule has 5 heteroatoms. The number of aryl methyl sites for hydroxylation is 2. The van der Waals surface area contributed by atoms with Crippen LogP contribution in [0.3, 0.4) is 0 Å². The molecule has 0 saturated heterocycles. The summed E-state index contributed by atoms with van der Waals surface area (Å²) < 4.78 is 6.99. The molecule has 16 heavy (non-hydrogen) atoms. The number of nitrogens with two attached hydrogens (primary N) is 1. The fraction of sp³-hybridized carbons (Fsp3) is 0.727. The van der Waals surface area contributed by atoms with Crippen molar-refractivity contribution in [2.24, 2.45) is 12.8 Å². The summed E-state index contributed by atoms with van der Waals surface area (Å²) in [5.41, 5.74) is 8.02. The van der Waals surface area contributed by atoms with Crippen molar-refractivity contribution >= 4 is 11.8 Å². The van der Waals surface area contributed by atoms with Crippen LogP contribution >= 0.6 is 11.8 Å². The molecule has 0 bridgehead atoms. The monoisotopic (exact) mass is 243 g/mol. The highest BCUT2D eigenvalue weighted by Crippen LogP contribution is 2.25. The number of nitrogens with zero attached hydrogens (tertiary/aromatic N) is 2. The molecule has 0 aliphatic rings. The van der Waals surface area contributed by atoms with E-state index in [9.17, 15) is 0 Å². The van der Waals surface area contributed by atoms with Gasteiger partial charge >= 0.3 is 0 Å². The average Bonchev–Trinajstić information content (AvgIpc) is 2.51. The third-order valence-electron chi connectivity index (χ3n) is 2.41. The van der Waals surface area contributed by atoms with Crippen molar-refractivity contribution in [3.63, 3.8) is 0 Å². The molecule has 0 radical (unpaired) electrons. The van der Waals surface area contributed by atoms with Crippen LogP contribution in [-0.4, -0.2) is 35.8 Å². The lowest BCUT2D eigenvalue weighted by molar-refractivity contribution is 0.200. The number of rotatable bonds is 7. The second kappa shape index (κ2) is 6.93. The molecule has 0 fully saturated rings. The van der Waals surface area contributed by atoms with Crippen LogP contribution in [0.25, 0.3) is 0 Å². The van der Waals surface area contributed by atoms with Gasteiger partial charge < -0.3 is 10.5 Å². The quantitative estimate of drug-likeness (QED) is 0.580. The van der Waals surface area contributed by atoms with Gasteiger partial charge in [-0.3, -0.25) is 4.68 Å². The minimum absolute atomic E-state index is 0.679. The molecule has 0 atom stereocenters. The molecule has 1 rings (SSSR count). The number of hydrogen-bond acceptors (Lipinski definition) is 4. The van der Waals surface area contributed by atoms with Crippen LogP contribution in [0.1, 0.15) is 17.7 Å². The van der Waals surface area contributed by atoms with Gasteiger partial charge in [-0.15, -0.1) is 11.8 Å². The highest BCUT2D eigenvalue weighted by atomic mass is 32.2. The van der Waals surface area contributed by atoms with Crippen LogP contribution in [0.2, 0.25) is 0 Å².